The second kappa shape index (κ2) is 9.50. The highest BCUT2D eigenvalue weighted by Gasteiger charge is 2.22. The molecule has 1 saturated heterocycles. The zero-order valence-corrected chi connectivity index (χ0v) is 16.8. The van der Waals surface area contributed by atoms with Crippen LogP contribution in [0.3, 0.4) is 0 Å². The summed E-state index contributed by atoms with van der Waals surface area (Å²) in [6, 6.07) is 12.8. The molecule has 0 spiro atoms. The molecule has 28 heavy (non-hydrogen) atoms. The van der Waals surface area contributed by atoms with E-state index in [1.54, 1.807) is 0 Å². The molecule has 1 aromatic carbocycles. The molecule has 150 valence electrons. The molecule has 1 N–H and O–H groups in total. The van der Waals surface area contributed by atoms with E-state index in [-0.39, 0.29) is 11.9 Å². The largest absolute Gasteiger partial charge is 0.354 e. The third-order valence-electron chi connectivity index (χ3n) is 5.10. The number of hydrogen-bond acceptors (Lipinski definition) is 4. The summed E-state index contributed by atoms with van der Waals surface area (Å²) in [5.41, 5.74) is 1.08. The van der Waals surface area contributed by atoms with Crippen LogP contribution in [0.15, 0.2) is 53.7 Å². The van der Waals surface area contributed by atoms with E-state index in [1.165, 1.54) is 12.1 Å². The van der Waals surface area contributed by atoms with Crippen LogP contribution < -0.4 is 10.2 Å². The first-order valence-electron chi connectivity index (χ1n) is 9.62. The molecule has 6 nitrogen and oxygen atoms in total. The van der Waals surface area contributed by atoms with Gasteiger partial charge in [-0.2, -0.15) is 0 Å². The van der Waals surface area contributed by atoms with Crippen LogP contribution in [0.1, 0.15) is 11.6 Å². The van der Waals surface area contributed by atoms with E-state index in [9.17, 15) is 4.39 Å². The summed E-state index contributed by atoms with van der Waals surface area (Å²) in [6.45, 7) is 4.30. The SMILES string of the molecule is CN=C(NCC(c1ccc(F)cc1)N(C)C)N1CCN(c2ccccn2)CC1. The highest BCUT2D eigenvalue weighted by molar-refractivity contribution is 5.80. The van der Waals surface area contributed by atoms with Gasteiger partial charge >= 0.3 is 0 Å². The number of nitrogens with zero attached hydrogens (tertiary/aromatic N) is 5. The molecule has 2 heterocycles. The molecule has 0 bridgehead atoms. The Balaban J connectivity index is 1.57. The summed E-state index contributed by atoms with van der Waals surface area (Å²) in [5.74, 6) is 1.71. The van der Waals surface area contributed by atoms with Gasteiger partial charge in [-0.3, -0.25) is 4.99 Å². The van der Waals surface area contributed by atoms with Gasteiger partial charge in [0, 0.05) is 46.0 Å². The van der Waals surface area contributed by atoms with Gasteiger partial charge < -0.3 is 20.0 Å². The smallest absolute Gasteiger partial charge is 0.193 e. The van der Waals surface area contributed by atoms with E-state index in [2.05, 4.69) is 30.0 Å². The minimum atomic E-state index is -0.212. The van der Waals surface area contributed by atoms with Crippen molar-refractivity contribution in [2.45, 2.75) is 6.04 Å². The number of nitrogens with one attached hydrogen (secondary N) is 1. The van der Waals surface area contributed by atoms with Crippen LogP contribution in [-0.2, 0) is 0 Å². The summed E-state index contributed by atoms with van der Waals surface area (Å²) >= 11 is 0. The monoisotopic (exact) mass is 384 g/mol. The normalized spacial score (nSPS) is 16.4. The summed E-state index contributed by atoms with van der Waals surface area (Å²) < 4.78 is 13.3. The summed E-state index contributed by atoms with van der Waals surface area (Å²) in [7, 11) is 5.88. The van der Waals surface area contributed by atoms with Crippen LogP contribution in [-0.4, -0.2) is 74.6 Å². The topological polar surface area (TPSA) is 47.0 Å². The van der Waals surface area contributed by atoms with Crippen LogP contribution in [0.5, 0.6) is 0 Å². The minimum absolute atomic E-state index is 0.132. The first-order valence-corrected chi connectivity index (χ1v) is 9.62. The molecule has 0 aliphatic carbocycles. The highest BCUT2D eigenvalue weighted by atomic mass is 19.1. The van der Waals surface area contributed by atoms with Gasteiger partial charge in [0.25, 0.3) is 0 Å². The number of guanidine groups is 1. The van der Waals surface area contributed by atoms with Gasteiger partial charge in [-0.15, -0.1) is 0 Å². The first kappa shape index (κ1) is 20.1. The molecular formula is C21H29FN6. The van der Waals surface area contributed by atoms with Crippen LogP contribution in [0.4, 0.5) is 10.2 Å². The molecule has 1 aliphatic heterocycles. The number of aromatic nitrogens is 1. The Morgan fingerprint density at radius 2 is 1.86 bits per heavy atom. The predicted octanol–water partition coefficient (Wildman–Crippen LogP) is 2.22. The van der Waals surface area contributed by atoms with E-state index in [1.807, 2.05) is 57.7 Å². The van der Waals surface area contributed by atoms with Crippen molar-refractivity contribution in [3.63, 3.8) is 0 Å². The second-order valence-corrected chi connectivity index (χ2v) is 7.12. The standard InChI is InChI=1S/C21H29FN6/c1-23-21(25-16-19(26(2)3)17-7-9-18(22)10-8-17)28-14-12-27(13-15-28)20-6-4-5-11-24-20/h4-11,19H,12-16H2,1-3H3,(H,23,25). The second-order valence-electron chi connectivity index (χ2n) is 7.12. The van der Waals surface area contributed by atoms with Crippen LogP contribution >= 0.6 is 0 Å². The highest BCUT2D eigenvalue weighted by Crippen LogP contribution is 2.18. The fourth-order valence-corrected chi connectivity index (χ4v) is 3.49. The number of halogens is 1. The fourth-order valence-electron chi connectivity index (χ4n) is 3.49. The van der Waals surface area contributed by atoms with Gasteiger partial charge in [-0.1, -0.05) is 18.2 Å². The Bertz CT molecular complexity index is 754. The van der Waals surface area contributed by atoms with Crippen LogP contribution in [0, 0.1) is 5.82 Å². The van der Waals surface area contributed by atoms with Crippen molar-refractivity contribution in [1.29, 1.82) is 0 Å². The summed E-state index contributed by atoms with van der Waals surface area (Å²) in [5, 5.41) is 3.49. The van der Waals surface area contributed by atoms with Crippen molar-refractivity contribution in [2.75, 3.05) is 58.8 Å². The van der Waals surface area contributed by atoms with Crippen molar-refractivity contribution in [3.05, 3.63) is 60.0 Å². The van der Waals surface area contributed by atoms with E-state index < -0.39 is 0 Å². The first-order chi connectivity index (χ1) is 13.6. The van der Waals surface area contributed by atoms with Crippen molar-refractivity contribution in [2.24, 2.45) is 4.99 Å². The predicted molar refractivity (Wildman–Crippen MR) is 112 cm³/mol. The van der Waals surface area contributed by atoms with Gasteiger partial charge in [0.15, 0.2) is 5.96 Å². The van der Waals surface area contributed by atoms with Crippen molar-refractivity contribution in [1.82, 2.24) is 20.1 Å². The maximum Gasteiger partial charge on any atom is 0.193 e. The number of piperazine rings is 1. The molecule has 1 aliphatic rings. The number of anilines is 1. The average molecular weight is 385 g/mol. The van der Waals surface area contributed by atoms with Crippen molar-refractivity contribution < 1.29 is 4.39 Å². The Kier molecular flexibility index (Phi) is 6.81. The molecular weight excluding hydrogens is 355 g/mol. The van der Waals surface area contributed by atoms with E-state index in [0.717, 1.165) is 43.5 Å². The fraction of sp³-hybridized carbons (Fsp3) is 0.429. The van der Waals surface area contributed by atoms with E-state index >= 15 is 0 Å². The lowest BCUT2D eigenvalue weighted by Crippen LogP contribution is -2.53. The summed E-state index contributed by atoms with van der Waals surface area (Å²) in [4.78, 5) is 15.6. The number of hydrogen-bond donors (Lipinski definition) is 1. The van der Waals surface area contributed by atoms with E-state index in [4.69, 9.17) is 0 Å². The van der Waals surface area contributed by atoms with Crippen LogP contribution in [0.25, 0.3) is 0 Å². The molecule has 1 fully saturated rings. The Morgan fingerprint density at radius 1 is 1.14 bits per heavy atom. The molecule has 3 rings (SSSR count). The van der Waals surface area contributed by atoms with Gasteiger partial charge in [-0.05, 0) is 43.9 Å². The molecule has 0 amide bonds. The molecule has 1 aromatic heterocycles. The van der Waals surface area contributed by atoms with Gasteiger partial charge in [0.1, 0.15) is 11.6 Å². The molecule has 0 radical (unpaired) electrons. The van der Waals surface area contributed by atoms with Crippen LogP contribution in [0.2, 0.25) is 0 Å². The Labute approximate surface area is 166 Å². The molecule has 1 unspecified atom stereocenters. The third-order valence-corrected chi connectivity index (χ3v) is 5.10. The zero-order valence-electron chi connectivity index (χ0n) is 16.8. The maximum atomic E-state index is 13.3. The van der Waals surface area contributed by atoms with Gasteiger partial charge in [0.05, 0.1) is 6.04 Å². The van der Waals surface area contributed by atoms with Crippen molar-refractivity contribution >= 4 is 11.8 Å². The number of pyridine rings is 1. The van der Waals surface area contributed by atoms with E-state index in [0.29, 0.717) is 6.54 Å². The molecule has 0 saturated carbocycles. The molecule has 1 atom stereocenters. The lowest BCUT2D eigenvalue weighted by Gasteiger charge is -2.37. The lowest BCUT2D eigenvalue weighted by molar-refractivity contribution is 0.292. The number of aliphatic imine (C=N–C) groups is 1. The Hall–Kier alpha value is -2.67. The minimum Gasteiger partial charge on any atom is -0.354 e. The molecule has 7 heteroatoms. The van der Waals surface area contributed by atoms with Gasteiger partial charge in [0.2, 0.25) is 0 Å². The lowest BCUT2D eigenvalue weighted by atomic mass is 10.1. The number of benzene rings is 1. The maximum absolute atomic E-state index is 13.3. The Morgan fingerprint density at radius 3 is 2.43 bits per heavy atom. The third kappa shape index (κ3) is 4.98. The molecule has 2 aromatic rings. The average Bonchev–Trinajstić information content (AvgIpc) is 2.73. The zero-order chi connectivity index (χ0) is 19.9. The number of rotatable bonds is 5. The quantitative estimate of drug-likeness (QED) is 0.633. The van der Waals surface area contributed by atoms with Crippen molar-refractivity contribution in [3.8, 4) is 0 Å². The summed E-state index contributed by atoms with van der Waals surface area (Å²) in [6.07, 6.45) is 1.83. The number of likely N-dealkylation sites (N-methyl/N-ethyl adjacent to an activating group) is 1. The van der Waals surface area contributed by atoms with Gasteiger partial charge in [-0.25, -0.2) is 9.37 Å².